The lowest BCUT2D eigenvalue weighted by atomic mass is 10.1. The van der Waals surface area contributed by atoms with E-state index in [0.717, 1.165) is 10.4 Å². The number of thiophene rings is 1. The van der Waals surface area contributed by atoms with Gasteiger partial charge in [-0.3, -0.25) is 14.2 Å². The predicted octanol–water partition coefficient (Wildman–Crippen LogP) is 3.12. The van der Waals surface area contributed by atoms with Crippen LogP contribution in [0.4, 0.5) is 0 Å². The Morgan fingerprint density at radius 3 is 2.58 bits per heavy atom. The Kier molecular flexibility index (Phi) is 4.49. The van der Waals surface area contributed by atoms with Gasteiger partial charge in [0, 0.05) is 11.3 Å². The van der Waals surface area contributed by atoms with Crippen molar-refractivity contribution in [1.29, 1.82) is 0 Å². The van der Waals surface area contributed by atoms with Crippen molar-refractivity contribution in [2.45, 2.75) is 32.7 Å². The second kappa shape index (κ2) is 6.57. The Bertz CT molecular complexity index is 944. The Hall–Kier alpha value is -2.47. The maximum Gasteiger partial charge on any atom is 0.263 e. The molecule has 1 aromatic carbocycles. The van der Waals surface area contributed by atoms with Crippen molar-refractivity contribution in [3.8, 4) is 10.4 Å². The van der Waals surface area contributed by atoms with Crippen molar-refractivity contribution < 1.29 is 4.79 Å². The van der Waals surface area contributed by atoms with E-state index in [1.807, 2.05) is 50.2 Å². The van der Waals surface area contributed by atoms with E-state index in [-0.39, 0.29) is 5.56 Å². The molecule has 124 valence electrons. The minimum Gasteiger partial charge on any atom is -0.368 e. The molecule has 1 atom stereocenters. The number of aromatic nitrogens is 2. The van der Waals surface area contributed by atoms with Gasteiger partial charge in [0.15, 0.2) is 0 Å². The van der Waals surface area contributed by atoms with E-state index in [0.29, 0.717) is 28.9 Å². The average molecular weight is 341 g/mol. The van der Waals surface area contributed by atoms with Gasteiger partial charge in [-0.05, 0) is 18.1 Å². The number of rotatable bonds is 5. The van der Waals surface area contributed by atoms with Crippen LogP contribution in [0.1, 0.15) is 32.1 Å². The van der Waals surface area contributed by atoms with Gasteiger partial charge in [-0.1, -0.05) is 44.2 Å². The van der Waals surface area contributed by atoms with E-state index in [1.165, 1.54) is 15.9 Å². The second-order valence-electron chi connectivity index (χ2n) is 5.58. The van der Waals surface area contributed by atoms with Gasteiger partial charge in [-0.25, -0.2) is 4.98 Å². The molecular weight excluding hydrogens is 322 g/mol. The number of carbonyl (C=O) groups excluding carboxylic acids is 1. The molecule has 2 heterocycles. The van der Waals surface area contributed by atoms with Gasteiger partial charge in [0.25, 0.3) is 5.56 Å². The summed E-state index contributed by atoms with van der Waals surface area (Å²) in [4.78, 5) is 31.0. The van der Waals surface area contributed by atoms with Gasteiger partial charge in [0.1, 0.15) is 16.7 Å². The van der Waals surface area contributed by atoms with Crippen LogP contribution in [0, 0.1) is 0 Å². The van der Waals surface area contributed by atoms with E-state index in [4.69, 9.17) is 5.73 Å². The van der Waals surface area contributed by atoms with Gasteiger partial charge >= 0.3 is 0 Å². The summed E-state index contributed by atoms with van der Waals surface area (Å²) in [5.74, 6) is 0.0913. The summed E-state index contributed by atoms with van der Waals surface area (Å²) in [6, 6.07) is 11.1. The number of nitrogens with two attached hydrogens (primary N) is 1. The summed E-state index contributed by atoms with van der Waals surface area (Å²) >= 11 is 1.49. The summed E-state index contributed by atoms with van der Waals surface area (Å²) in [5.41, 5.74) is 6.34. The Morgan fingerprint density at radius 2 is 2.00 bits per heavy atom. The fraction of sp³-hybridized carbons (Fsp3) is 0.278. The summed E-state index contributed by atoms with van der Waals surface area (Å²) in [6.07, 6.45) is 1.03. The first-order chi connectivity index (χ1) is 11.6. The number of aryl methyl sites for hydroxylation is 1. The molecule has 24 heavy (non-hydrogen) atoms. The van der Waals surface area contributed by atoms with Crippen LogP contribution in [0.5, 0.6) is 0 Å². The highest BCUT2D eigenvalue weighted by molar-refractivity contribution is 7.21. The summed E-state index contributed by atoms with van der Waals surface area (Å²) < 4.78 is 1.46. The quantitative estimate of drug-likeness (QED) is 0.774. The molecule has 3 aromatic rings. The van der Waals surface area contributed by atoms with Crippen LogP contribution in [-0.2, 0) is 11.2 Å². The van der Waals surface area contributed by atoms with Crippen LogP contribution in [-0.4, -0.2) is 15.5 Å². The van der Waals surface area contributed by atoms with E-state index in [1.54, 1.807) is 0 Å². The summed E-state index contributed by atoms with van der Waals surface area (Å²) in [5, 5.41) is 0.538. The minimum atomic E-state index is -0.663. The van der Waals surface area contributed by atoms with Gasteiger partial charge < -0.3 is 5.73 Å². The number of hydrogen-bond donors (Lipinski definition) is 1. The van der Waals surface area contributed by atoms with Crippen molar-refractivity contribution in [1.82, 2.24) is 9.55 Å². The fourth-order valence-electron chi connectivity index (χ4n) is 2.86. The van der Waals surface area contributed by atoms with Crippen molar-refractivity contribution >= 4 is 27.5 Å². The summed E-state index contributed by atoms with van der Waals surface area (Å²) in [6.45, 7) is 3.76. The third-order valence-corrected chi connectivity index (χ3v) is 5.15. The zero-order valence-corrected chi connectivity index (χ0v) is 14.5. The number of hydrogen-bond acceptors (Lipinski definition) is 4. The van der Waals surface area contributed by atoms with E-state index in [9.17, 15) is 9.59 Å². The molecule has 0 bridgehead atoms. The number of primary amides is 1. The largest absolute Gasteiger partial charge is 0.368 e. The van der Waals surface area contributed by atoms with Crippen LogP contribution in [0.25, 0.3) is 20.7 Å². The molecule has 0 saturated heterocycles. The van der Waals surface area contributed by atoms with E-state index in [2.05, 4.69) is 4.98 Å². The smallest absolute Gasteiger partial charge is 0.263 e. The number of carbonyl (C=O) groups is 1. The van der Waals surface area contributed by atoms with E-state index >= 15 is 0 Å². The lowest BCUT2D eigenvalue weighted by Gasteiger charge is -2.18. The lowest BCUT2D eigenvalue weighted by molar-refractivity contribution is -0.121. The van der Waals surface area contributed by atoms with Gasteiger partial charge in [-0.15, -0.1) is 11.3 Å². The molecule has 0 fully saturated rings. The highest BCUT2D eigenvalue weighted by Crippen LogP contribution is 2.31. The Balaban J connectivity index is 2.26. The van der Waals surface area contributed by atoms with Crippen molar-refractivity contribution in [3.63, 3.8) is 0 Å². The highest BCUT2D eigenvalue weighted by Gasteiger charge is 2.22. The second-order valence-corrected chi connectivity index (χ2v) is 6.61. The third kappa shape index (κ3) is 2.73. The normalized spacial score (nSPS) is 12.4. The molecule has 1 amide bonds. The molecule has 3 rings (SSSR count). The van der Waals surface area contributed by atoms with Crippen LogP contribution < -0.4 is 11.3 Å². The number of benzene rings is 1. The van der Waals surface area contributed by atoms with Crippen LogP contribution >= 0.6 is 11.3 Å². The topological polar surface area (TPSA) is 78.0 Å². The zero-order chi connectivity index (χ0) is 17.3. The maximum absolute atomic E-state index is 13.0. The molecule has 2 N–H and O–H groups in total. The Morgan fingerprint density at radius 1 is 1.29 bits per heavy atom. The molecule has 2 aromatic heterocycles. The van der Waals surface area contributed by atoms with Crippen LogP contribution in [0.2, 0.25) is 0 Å². The minimum absolute atomic E-state index is 0.194. The lowest BCUT2D eigenvalue weighted by Crippen LogP contribution is -2.36. The SMILES string of the molecule is CCc1nc2sc(-c3ccccc3)cc2c(=O)n1C(CC)C(N)=O. The first-order valence-electron chi connectivity index (χ1n) is 7.96. The number of fused-ring (bicyclic) bond motifs is 1. The van der Waals surface area contributed by atoms with Gasteiger partial charge in [0.2, 0.25) is 5.91 Å². The first-order valence-corrected chi connectivity index (χ1v) is 8.78. The average Bonchev–Trinajstić information content (AvgIpc) is 3.02. The van der Waals surface area contributed by atoms with Crippen molar-refractivity contribution in [2.75, 3.05) is 0 Å². The van der Waals surface area contributed by atoms with Gasteiger partial charge in [0.05, 0.1) is 5.39 Å². The molecule has 0 aliphatic rings. The monoisotopic (exact) mass is 341 g/mol. The summed E-state index contributed by atoms with van der Waals surface area (Å²) in [7, 11) is 0. The van der Waals surface area contributed by atoms with Gasteiger partial charge in [-0.2, -0.15) is 0 Å². The molecule has 0 aliphatic heterocycles. The molecular formula is C18H19N3O2S. The highest BCUT2D eigenvalue weighted by atomic mass is 32.1. The Labute approximate surface area is 143 Å². The predicted molar refractivity (Wildman–Crippen MR) is 97.2 cm³/mol. The molecule has 6 heteroatoms. The molecule has 0 radical (unpaired) electrons. The molecule has 0 aliphatic carbocycles. The van der Waals surface area contributed by atoms with E-state index < -0.39 is 11.9 Å². The van der Waals surface area contributed by atoms with Crippen molar-refractivity contribution in [2.24, 2.45) is 5.73 Å². The first kappa shape index (κ1) is 16.4. The number of nitrogens with zero attached hydrogens (tertiary/aromatic N) is 2. The third-order valence-electron chi connectivity index (χ3n) is 4.07. The molecule has 0 spiro atoms. The van der Waals surface area contributed by atoms with Crippen LogP contribution in [0.15, 0.2) is 41.2 Å². The molecule has 0 saturated carbocycles. The standard InChI is InChI=1S/C18H19N3O2S/c1-3-13(16(19)22)21-15(4-2)20-17-12(18(21)23)10-14(24-17)11-8-6-5-7-9-11/h5-10,13H,3-4H2,1-2H3,(H2,19,22). The maximum atomic E-state index is 13.0. The van der Waals surface area contributed by atoms with Crippen LogP contribution in [0.3, 0.4) is 0 Å². The van der Waals surface area contributed by atoms with Crippen molar-refractivity contribution in [3.05, 3.63) is 52.6 Å². The zero-order valence-electron chi connectivity index (χ0n) is 13.7. The number of amides is 1. The fourth-order valence-corrected chi connectivity index (χ4v) is 3.91. The molecule has 5 nitrogen and oxygen atoms in total. The molecule has 1 unspecified atom stereocenters.